The van der Waals surface area contributed by atoms with Crippen molar-refractivity contribution in [3.05, 3.63) is 54.1 Å². The molecule has 7 nitrogen and oxygen atoms in total. The fraction of sp³-hybridized carbons (Fsp3) is 0.381. The van der Waals surface area contributed by atoms with Crippen LogP contribution in [0.25, 0.3) is 11.0 Å². The average molecular weight is 380 g/mol. The molecule has 0 bridgehead atoms. The van der Waals surface area contributed by atoms with Gasteiger partial charge in [0, 0.05) is 0 Å². The molecule has 0 spiro atoms. The molecule has 1 fully saturated rings. The summed E-state index contributed by atoms with van der Waals surface area (Å²) in [6.07, 6.45) is 1.88. The van der Waals surface area contributed by atoms with Gasteiger partial charge in [-0.15, -0.1) is 5.10 Å². The summed E-state index contributed by atoms with van der Waals surface area (Å²) >= 11 is 0. The maximum atomic E-state index is 12.6. The van der Waals surface area contributed by atoms with E-state index in [1.807, 2.05) is 58.1 Å². The molecule has 3 aromatic rings. The largest absolute Gasteiger partial charge is 0.497 e. The Labute approximate surface area is 163 Å². The van der Waals surface area contributed by atoms with E-state index in [1.165, 1.54) is 0 Å². The number of fused-ring (bicyclic) bond motifs is 1. The lowest BCUT2D eigenvalue weighted by Crippen LogP contribution is -2.41. The third-order valence-corrected chi connectivity index (χ3v) is 5.16. The first-order chi connectivity index (χ1) is 13.7. The highest BCUT2D eigenvalue weighted by Crippen LogP contribution is 2.30. The van der Waals surface area contributed by atoms with Crippen LogP contribution >= 0.6 is 0 Å². The Morgan fingerprint density at radius 3 is 2.75 bits per heavy atom. The van der Waals surface area contributed by atoms with Crippen molar-refractivity contribution in [1.82, 2.24) is 19.9 Å². The Morgan fingerprint density at radius 1 is 1.21 bits per heavy atom. The second-order valence-corrected chi connectivity index (χ2v) is 6.98. The van der Waals surface area contributed by atoms with Gasteiger partial charge in [0.1, 0.15) is 24.0 Å². The van der Waals surface area contributed by atoms with Gasteiger partial charge < -0.3 is 9.47 Å². The molecule has 1 aromatic heterocycles. The van der Waals surface area contributed by atoms with Crippen molar-refractivity contribution in [2.45, 2.75) is 38.4 Å². The molecule has 7 heteroatoms. The quantitative estimate of drug-likeness (QED) is 0.623. The van der Waals surface area contributed by atoms with E-state index in [2.05, 4.69) is 17.2 Å². The molecule has 2 heterocycles. The molecule has 0 radical (unpaired) electrons. The van der Waals surface area contributed by atoms with E-state index in [0.29, 0.717) is 13.0 Å². The number of aromatic nitrogens is 3. The van der Waals surface area contributed by atoms with Crippen LogP contribution in [0.2, 0.25) is 0 Å². The van der Waals surface area contributed by atoms with E-state index in [9.17, 15) is 4.79 Å². The molecule has 1 amide bonds. The third-order valence-electron chi connectivity index (χ3n) is 5.16. The average Bonchev–Trinajstić information content (AvgIpc) is 3.31. The second-order valence-electron chi connectivity index (χ2n) is 6.98. The van der Waals surface area contributed by atoms with Crippen LogP contribution in [0.15, 0.2) is 48.5 Å². The van der Waals surface area contributed by atoms with Gasteiger partial charge in [0.25, 0.3) is 0 Å². The summed E-state index contributed by atoms with van der Waals surface area (Å²) in [5, 5.41) is 8.62. The van der Waals surface area contributed by atoms with Gasteiger partial charge >= 0.3 is 6.09 Å². The van der Waals surface area contributed by atoms with Gasteiger partial charge in [-0.3, -0.25) is 4.90 Å². The molecule has 1 aliphatic rings. The number of ether oxygens (including phenoxy) is 2. The van der Waals surface area contributed by atoms with Crippen molar-refractivity contribution in [2.24, 2.45) is 0 Å². The predicted octanol–water partition coefficient (Wildman–Crippen LogP) is 3.80. The van der Waals surface area contributed by atoms with Gasteiger partial charge in [-0.2, -0.15) is 0 Å². The molecule has 1 unspecified atom stereocenters. The van der Waals surface area contributed by atoms with Crippen LogP contribution in [-0.2, 0) is 11.2 Å². The summed E-state index contributed by atoms with van der Waals surface area (Å²) in [4.78, 5) is 14.5. The zero-order valence-corrected chi connectivity index (χ0v) is 16.1. The molecule has 0 N–H and O–H groups in total. The molecule has 146 valence electrons. The minimum absolute atomic E-state index is 0.0552. The SMILES string of the molecule is CCCC(N1C(=O)OC[C@@H]1Cc1ccc(OC)cc1)n1nnc2ccccc21. The summed E-state index contributed by atoms with van der Waals surface area (Å²) in [6, 6.07) is 15.7. The highest BCUT2D eigenvalue weighted by atomic mass is 16.6. The number of nitrogens with zero attached hydrogens (tertiary/aromatic N) is 4. The van der Waals surface area contributed by atoms with E-state index >= 15 is 0 Å². The Kier molecular flexibility index (Phi) is 5.14. The minimum atomic E-state index is -0.295. The topological polar surface area (TPSA) is 69.5 Å². The van der Waals surface area contributed by atoms with E-state index in [4.69, 9.17) is 9.47 Å². The number of benzene rings is 2. The smallest absolute Gasteiger partial charge is 0.411 e. The van der Waals surface area contributed by atoms with Crippen LogP contribution in [-0.4, -0.2) is 45.7 Å². The van der Waals surface area contributed by atoms with Gasteiger partial charge in [-0.1, -0.05) is 42.8 Å². The zero-order valence-electron chi connectivity index (χ0n) is 16.1. The molecule has 28 heavy (non-hydrogen) atoms. The van der Waals surface area contributed by atoms with Crippen LogP contribution in [0, 0.1) is 0 Å². The summed E-state index contributed by atoms with van der Waals surface area (Å²) in [5.41, 5.74) is 2.87. The van der Waals surface area contributed by atoms with Crippen molar-refractivity contribution in [3.8, 4) is 5.75 Å². The number of cyclic esters (lactones) is 1. The van der Waals surface area contributed by atoms with Crippen molar-refractivity contribution in [3.63, 3.8) is 0 Å². The van der Waals surface area contributed by atoms with Crippen molar-refractivity contribution in [1.29, 1.82) is 0 Å². The number of rotatable bonds is 7. The lowest BCUT2D eigenvalue weighted by molar-refractivity contribution is 0.113. The summed E-state index contributed by atoms with van der Waals surface area (Å²) < 4.78 is 12.5. The highest BCUT2D eigenvalue weighted by Gasteiger charge is 2.39. The van der Waals surface area contributed by atoms with Gasteiger partial charge in [-0.25, -0.2) is 9.48 Å². The number of methoxy groups -OCH3 is 1. The van der Waals surface area contributed by atoms with Crippen molar-refractivity contribution < 1.29 is 14.3 Å². The van der Waals surface area contributed by atoms with E-state index in [-0.39, 0.29) is 18.3 Å². The van der Waals surface area contributed by atoms with Crippen LogP contribution in [0.5, 0.6) is 5.75 Å². The Bertz CT molecular complexity index is 954. The van der Waals surface area contributed by atoms with Crippen molar-refractivity contribution >= 4 is 17.1 Å². The lowest BCUT2D eigenvalue weighted by atomic mass is 10.0. The van der Waals surface area contributed by atoms with Crippen LogP contribution in [0.4, 0.5) is 4.79 Å². The molecular weight excluding hydrogens is 356 g/mol. The lowest BCUT2D eigenvalue weighted by Gasteiger charge is -2.30. The number of hydrogen-bond acceptors (Lipinski definition) is 5. The fourth-order valence-corrected chi connectivity index (χ4v) is 3.77. The highest BCUT2D eigenvalue weighted by molar-refractivity contribution is 5.75. The third kappa shape index (κ3) is 3.40. The molecule has 2 atom stereocenters. The van der Waals surface area contributed by atoms with Crippen molar-refractivity contribution in [2.75, 3.05) is 13.7 Å². The van der Waals surface area contributed by atoms with E-state index in [0.717, 1.165) is 35.2 Å². The molecule has 4 rings (SSSR count). The number of carbonyl (C=O) groups excluding carboxylic acids is 1. The molecule has 1 aliphatic heterocycles. The first-order valence-corrected chi connectivity index (χ1v) is 9.59. The first-order valence-electron chi connectivity index (χ1n) is 9.59. The molecule has 2 aromatic carbocycles. The number of amides is 1. The van der Waals surface area contributed by atoms with Gasteiger partial charge in [0.2, 0.25) is 0 Å². The van der Waals surface area contributed by atoms with Gasteiger partial charge in [-0.05, 0) is 42.7 Å². The summed E-state index contributed by atoms with van der Waals surface area (Å²) in [7, 11) is 1.65. The minimum Gasteiger partial charge on any atom is -0.497 e. The fourth-order valence-electron chi connectivity index (χ4n) is 3.77. The van der Waals surface area contributed by atoms with Crippen LogP contribution < -0.4 is 4.74 Å². The summed E-state index contributed by atoms with van der Waals surface area (Å²) in [5.74, 6) is 0.817. The standard InChI is InChI=1S/C21H24N4O3/c1-3-6-20(25-19-8-5-4-7-18(19)22-23-25)24-16(14-28-21(24)26)13-15-9-11-17(27-2)12-10-15/h4-5,7-12,16,20H,3,6,13-14H2,1-2H3/t16-,20?/m0/s1. The van der Waals surface area contributed by atoms with Gasteiger partial charge in [0.05, 0.1) is 18.7 Å². The maximum absolute atomic E-state index is 12.6. The zero-order chi connectivity index (χ0) is 19.5. The maximum Gasteiger partial charge on any atom is 0.411 e. The molecule has 1 saturated heterocycles. The predicted molar refractivity (Wildman–Crippen MR) is 105 cm³/mol. The number of carbonyl (C=O) groups is 1. The molecule has 0 saturated carbocycles. The molecular formula is C21H24N4O3. The Morgan fingerprint density at radius 2 is 2.00 bits per heavy atom. The van der Waals surface area contributed by atoms with E-state index < -0.39 is 0 Å². The number of para-hydroxylation sites is 1. The number of hydrogen-bond donors (Lipinski definition) is 0. The van der Waals surface area contributed by atoms with E-state index in [1.54, 1.807) is 7.11 Å². The van der Waals surface area contributed by atoms with Crippen LogP contribution in [0.1, 0.15) is 31.5 Å². The monoisotopic (exact) mass is 380 g/mol. The Hall–Kier alpha value is -3.09. The summed E-state index contributed by atoms with van der Waals surface area (Å²) in [6.45, 7) is 2.48. The normalized spacial score (nSPS) is 17.7. The van der Waals surface area contributed by atoms with Gasteiger partial charge in [0.15, 0.2) is 0 Å². The first kappa shape index (κ1) is 18.3. The van der Waals surface area contributed by atoms with Crippen LogP contribution in [0.3, 0.4) is 0 Å². The molecule has 0 aliphatic carbocycles. The second kappa shape index (κ2) is 7.88. The Balaban J connectivity index is 1.64.